The molecule has 0 radical (unpaired) electrons. The summed E-state index contributed by atoms with van der Waals surface area (Å²) in [6.07, 6.45) is 1.28. The number of rotatable bonds is 5. The van der Waals surface area contributed by atoms with Crippen LogP contribution in [0.15, 0.2) is 42.5 Å². The third kappa shape index (κ3) is 5.06. The zero-order chi connectivity index (χ0) is 22.7. The molecule has 1 fully saturated rings. The van der Waals surface area contributed by atoms with Crippen LogP contribution in [0.3, 0.4) is 0 Å². The number of likely N-dealkylation sites (N-methyl/N-ethyl adjacent to an activating group) is 1. The molecule has 4 rings (SSSR count). The molecule has 2 aromatic carbocycles. The zero-order valence-corrected chi connectivity index (χ0v) is 19.2. The number of benzene rings is 2. The van der Waals surface area contributed by atoms with E-state index in [1.807, 2.05) is 6.07 Å². The fraction of sp³-hybridized carbons (Fsp3) is 0.417. The molecule has 3 amide bonds. The number of halogens is 1. The van der Waals surface area contributed by atoms with E-state index in [1.165, 1.54) is 16.0 Å². The second-order valence-corrected chi connectivity index (χ2v) is 8.73. The third-order valence-electron chi connectivity index (χ3n) is 6.27. The van der Waals surface area contributed by atoms with Gasteiger partial charge in [0.15, 0.2) is 0 Å². The van der Waals surface area contributed by atoms with Crippen molar-refractivity contribution in [1.82, 2.24) is 9.80 Å². The molecule has 2 aromatic rings. The quantitative estimate of drug-likeness (QED) is 0.713. The maximum absolute atomic E-state index is 13.2. The van der Waals surface area contributed by atoms with Gasteiger partial charge in [0.25, 0.3) is 0 Å². The highest BCUT2D eigenvalue weighted by atomic mass is 35.5. The van der Waals surface area contributed by atoms with Gasteiger partial charge in [-0.2, -0.15) is 0 Å². The first kappa shape index (κ1) is 22.6. The molecule has 0 saturated carbocycles. The Morgan fingerprint density at radius 2 is 1.84 bits per heavy atom. The van der Waals surface area contributed by atoms with Crippen LogP contribution in [0.5, 0.6) is 0 Å². The van der Waals surface area contributed by atoms with Crippen molar-refractivity contribution in [3.8, 4) is 0 Å². The van der Waals surface area contributed by atoms with Crippen LogP contribution < -0.4 is 10.6 Å². The number of urea groups is 1. The molecule has 8 heteroatoms. The monoisotopic (exact) mass is 456 g/mol. The Morgan fingerprint density at radius 3 is 2.56 bits per heavy atom. The normalized spacial score (nSPS) is 20.7. The molecule has 32 heavy (non-hydrogen) atoms. The molecule has 1 saturated heterocycles. The number of hydrogen-bond donors (Lipinski definition) is 2. The number of carbonyl (C=O) groups excluding carboxylic acids is 2. The lowest BCUT2D eigenvalue weighted by molar-refractivity contribution is -0.119. The number of fused-ring (bicyclic) bond motifs is 1. The molecule has 2 aliphatic rings. The van der Waals surface area contributed by atoms with Crippen molar-refractivity contribution < 1.29 is 14.3 Å². The van der Waals surface area contributed by atoms with Gasteiger partial charge in [-0.25, -0.2) is 4.79 Å². The molecule has 0 spiro atoms. The molecular formula is C24H29ClN4O3. The van der Waals surface area contributed by atoms with Gasteiger partial charge in [0, 0.05) is 49.6 Å². The second-order valence-electron chi connectivity index (χ2n) is 8.29. The molecule has 2 heterocycles. The molecule has 7 nitrogen and oxygen atoms in total. The highest BCUT2D eigenvalue weighted by Gasteiger charge is 2.40. The van der Waals surface area contributed by atoms with Crippen LogP contribution in [0.2, 0.25) is 5.02 Å². The van der Waals surface area contributed by atoms with Gasteiger partial charge >= 0.3 is 6.03 Å². The summed E-state index contributed by atoms with van der Waals surface area (Å²) >= 11 is 5.92. The standard InChI is InChI=1S/C24H29ClN4O3/c1-3-28-11-10-16-4-7-20(12-17(16)14-28)26-23(30)22-13-21(32-2)15-29(22)24(31)27-19-8-5-18(25)6-9-19/h4-9,12,21-22H,3,10-11,13-15H2,1-2H3,(H,26,30)(H,27,31)/t21?,22-/m1/s1. The van der Waals surface area contributed by atoms with Gasteiger partial charge in [-0.15, -0.1) is 0 Å². The molecule has 0 aliphatic carbocycles. The van der Waals surface area contributed by atoms with Crippen molar-refractivity contribution >= 4 is 34.9 Å². The number of nitrogens with one attached hydrogen (secondary N) is 2. The Bertz CT molecular complexity index is 982. The first-order valence-electron chi connectivity index (χ1n) is 11.0. The minimum atomic E-state index is -0.615. The van der Waals surface area contributed by atoms with Crippen molar-refractivity contribution in [2.24, 2.45) is 0 Å². The molecule has 2 atom stereocenters. The number of nitrogens with zero attached hydrogens (tertiary/aromatic N) is 2. The lowest BCUT2D eigenvalue weighted by Gasteiger charge is -2.28. The summed E-state index contributed by atoms with van der Waals surface area (Å²) in [6.45, 7) is 5.47. The lowest BCUT2D eigenvalue weighted by Crippen LogP contribution is -2.45. The third-order valence-corrected chi connectivity index (χ3v) is 6.52. The van der Waals surface area contributed by atoms with Crippen molar-refractivity contribution in [3.63, 3.8) is 0 Å². The van der Waals surface area contributed by atoms with E-state index in [4.69, 9.17) is 16.3 Å². The van der Waals surface area contributed by atoms with Gasteiger partial charge in [-0.05, 0) is 60.5 Å². The maximum Gasteiger partial charge on any atom is 0.322 e. The van der Waals surface area contributed by atoms with E-state index >= 15 is 0 Å². The van der Waals surface area contributed by atoms with Crippen LogP contribution in [0.25, 0.3) is 0 Å². The predicted octanol–water partition coefficient (Wildman–Crippen LogP) is 3.98. The number of methoxy groups -OCH3 is 1. The number of ether oxygens (including phenoxy) is 1. The Morgan fingerprint density at radius 1 is 1.09 bits per heavy atom. The minimum Gasteiger partial charge on any atom is -0.380 e. The van der Waals surface area contributed by atoms with E-state index in [9.17, 15) is 9.59 Å². The highest BCUT2D eigenvalue weighted by Crippen LogP contribution is 2.26. The lowest BCUT2D eigenvalue weighted by atomic mass is 9.99. The van der Waals surface area contributed by atoms with Gasteiger partial charge in [-0.3, -0.25) is 9.69 Å². The topological polar surface area (TPSA) is 73.9 Å². The van der Waals surface area contributed by atoms with Crippen LogP contribution in [0, 0.1) is 0 Å². The Kier molecular flexibility index (Phi) is 6.98. The minimum absolute atomic E-state index is 0.191. The van der Waals surface area contributed by atoms with Crippen molar-refractivity contribution in [3.05, 3.63) is 58.6 Å². The maximum atomic E-state index is 13.2. The fourth-order valence-corrected chi connectivity index (χ4v) is 4.48. The summed E-state index contributed by atoms with van der Waals surface area (Å²) < 4.78 is 5.46. The van der Waals surface area contributed by atoms with Gasteiger partial charge in [-0.1, -0.05) is 24.6 Å². The molecule has 1 unspecified atom stereocenters. The number of carbonyl (C=O) groups is 2. The van der Waals surface area contributed by atoms with E-state index in [0.29, 0.717) is 23.7 Å². The van der Waals surface area contributed by atoms with Crippen molar-refractivity contribution in [2.75, 3.05) is 37.4 Å². The number of anilines is 2. The molecular weight excluding hydrogens is 428 g/mol. The van der Waals surface area contributed by atoms with Gasteiger partial charge < -0.3 is 20.3 Å². The number of amides is 3. The van der Waals surface area contributed by atoms with Crippen LogP contribution in [0.1, 0.15) is 24.5 Å². The first-order chi connectivity index (χ1) is 15.5. The first-order valence-corrected chi connectivity index (χ1v) is 11.4. The Balaban J connectivity index is 1.46. The average molecular weight is 457 g/mol. The van der Waals surface area contributed by atoms with Crippen LogP contribution in [-0.2, 0) is 22.5 Å². The van der Waals surface area contributed by atoms with E-state index in [-0.39, 0.29) is 18.0 Å². The van der Waals surface area contributed by atoms with E-state index < -0.39 is 6.04 Å². The predicted molar refractivity (Wildman–Crippen MR) is 126 cm³/mol. The average Bonchev–Trinajstić information content (AvgIpc) is 3.25. The van der Waals surface area contributed by atoms with Gasteiger partial charge in [0.1, 0.15) is 6.04 Å². The molecule has 2 aliphatic heterocycles. The number of likely N-dealkylation sites (tertiary alicyclic amines) is 1. The van der Waals surface area contributed by atoms with Gasteiger partial charge in [0.05, 0.1) is 6.10 Å². The smallest absolute Gasteiger partial charge is 0.322 e. The van der Waals surface area contributed by atoms with Gasteiger partial charge in [0.2, 0.25) is 5.91 Å². The summed E-state index contributed by atoms with van der Waals surface area (Å²) in [6, 6.07) is 12.0. The summed E-state index contributed by atoms with van der Waals surface area (Å²) in [5, 5.41) is 6.45. The van der Waals surface area contributed by atoms with Crippen molar-refractivity contribution in [1.29, 1.82) is 0 Å². The van der Waals surface area contributed by atoms with Crippen LogP contribution in [0.4, 0.5) is 16.2 Å². The zero-order valence-electron chi connectivity index (χ0n) is 18.4. The molecule has 0 aromatic heterocycles. The second kappa shape index (κ2) is 9.90. The highest BCUT2D eigenvalue weighted by molar-refractivity contribution is 6.30. The summed E-state index contributed by atoms with van der Waals surface area (Å²) in [5.41, 5.74) is 3.95. The SMILES string of the molecule is CCN1CCc2ccc(NC(=O)[C@H]3CC(OC)CN3C(=O)Nc3ccc(Cl)cc3)cc2C1. The molecule has 0 bridgehead atoms. The fourth-order valence-electron chi connectivity index (χ4n) is 4.36. The van der Waals surface area contributed by atoms with Crippen molar-refractivity contribution in [2.45, 2.75) is 38.5 Å². The Hall–Kier alpha value is -2.61. The van der Waals surface area contributed by atoms with E-state index in [0.717, 1.165) is 31.7 Å². The van der Waals surface area contributed by atoms with E-state index in [2.05, 4.69) is 34.6 Å². The summed E-state index contributed by atoms with van der Waals surface area (Å²) in [4.78, 5) is 30.0. The largest absolute Gasteiger partial charge is 0.380 e. The number of hydrogen-bond acceptors (Lipinski definition) is 4. The van der Waals surface area contributed by atoms with Crippen LogP contribution >= 0.6 is 11.6 Å². The van der Waals surface area contributed by atoms with Crippen LogP contribution in [-0.4, -0.2) is 60.6 Å². The Labute approximate surface area is 193 Å². The molecule has 2 N–H and O–H groups in total. The summed E-state index contributed by atoms with van der Waals surface area (Å²) in [5.74, 6) is -0.209. The summed E-state index contributed by atoms with van der Waals surface area (Å²) in [7, 11) is 1.60. The van der Waals surface area contributed by atoms with E-state index in [1.54, 1.807) is 31.4 Å². The molecule has 170 valence electrons.